The third-order valence-electron chi connectivity index (χ3n) is 2.30. The largest absolute Gasteiger partial charge is 0.391 e. The van der Waals surface area contributed by atoms with Crippen LogP contribution < -0.4 is 16.6 Å². The van der Waals surface area contributed by atoms with E-state index in [2.05, 4.69) is 36.5 Å². The van der Waals surface area contributed by atoms with Gasteiger partial charge >= 0.3 is 0 Å². The number of aromatic nitrogens is 1. The van der Waals surface area contributed by atoms with Gasteiger partial charge in [-0.2, -0.15) is 0 Å². The third-order valence-corrected chi connectivity index (χ3v) is 2.30. The molecular formula is C12H22N4O. The highest BCUT2D eigenvalue weighted by Crippen LogP contribution is 2.21. The van der Waals surface area contributed by atoms with E-state index < -0.39 is 0 Å². The first-order valence-electron chi connectivity index (χ1n) is 5.75. The van der Waals surface area contributed by atoms with Crippen LogP contribution >= 0.6 is 0 Å². The van der Waals surface area contributed by atoms with Gasteiger partial charge in [-0.15, -0.1) is 0 Å². The maximum absolute atomic E-state index is 9.85. The molecule has 0 aliphatic heterocycles. The maximum Gasteiger partial charge on any atom is 0.141 e. The highest BCUT2D eigenvalue weighted by molar-refractivity contribution is 5.51. The van der Waals surface area contributed by atoms with Crippen molar-refractivity contribution in [2.24, 2.45) is 11.3 Å². The summed E-state index contributed by atoms with van der Waals surface area (Å²) in [4.78, 5) is 4.01. The molecule has 1 rings (SSSR count). The van der Waals surface area contributed by atoms with Gasteiger partial charge in [0.05, 0.1) is 6.10 Å². The molecule has 1 aromatic heterocycles. The number of hydrogen-bond donors (Lipinski definition) is 4. The van der Waals surface area contributed by atoms with Crippen molar-refractivity contribution >= 4 is 11.5 Å². The number of hydrogen-bond acceptors (Lipinski definition) is 5. The molecule has 1 heterocycles. The van der Waals surface area contributed by atoms with Crippen LogP contribution in [-0.2, 0) is 0 Å². The Balaban J connectivity index is 2.44. The standard InChI is InChI=1S/C12H22N4O/c1-12(2,3)7-10(17)8-15-9-4-5-14-11(6-9)16-13/h4-6,10,17H,7-8,13H2,1-3H3,(H2,14,15,16). The van der Waals surface area contributed by atoms with Crippen molar-refractivity contribution in [1.29, 1.82) is 0 Å². The van der Waals surface area contributed by atoms with Crippen LogP contribution in [0, 0.1) is 5.41 Å². The molecule has 96 valence electrons. The highest BCUT2D eigenvalue weighted by Gasteiger charge is 2.16. The zero-order chi connectivity index (χ0) is 12.9. The van der Waals surface area contributed by atoms with E-state index in [0.717, 1.165) is 12.1 Å². The van der Waals surface area contributed by atoms with Crippen LogP contribution in [-0.4, -0.2) is 22.7 Å². The molecule has 0 bridgehead atoms. The molecule has 5 nitrogen and oxygen atoms in total. The smallest absolute Gasteiger partial charge is 0.141 e. The number of pyridine rings is 1. The van der Waals surface area contributed by atoms with Crippen molar-refractivity contribution in [3.05, 3.63) is 18.3 Å². The van der Waals surface area contributed by atoms with Gasteiger partial charge in [0.2, 0.25) is 0 Å². The minimum atomic E-state index is -0.363. The summed E-state index contributed by atoms with van der Waals surface area (Å²) in [6.45, 7) is 6.85. The molecule has 1 atom stereocenters. The average Bonchev–Trinajstić information content (AvgIpc) is 2.24. The lowest BCUT2D eigenvalue weighted by Crippen LogP contribution is -2.25. The fourth-order valence-electron chi connectivity index (χ4n) is 1.63. The van der Waals surface area contributed by atoms with Crippen molar-refractivity contribution in [1.82, 2.24) is 4.98 Å². The Labute approximate surface area is 102 Å². The number of rotatable bonds is 5. The fraction of sp³-hybridized carbons (Fsp3) is 0.583. The van der Waals surface area contributed by atoms with Crippen LogP contribution in [0.15, 0.2) is 18.3 Å². The van der Waals surface area contributed by atoms with Crippen molar-refractivity contribution < 1.29 is 5.11 Å². The highest BCUT2D eigenvalue weighted by atomic mass is 16.3. The Morgan fingerprint density at radius 1 is 1.47 bits per heavy atom. The second kappa shape index (κ2) is 5.84. The first kappa shape index (κ1) is 13.7. The van der Waals surface area contributed by atoms with E-state index in [4.69, 9.17) is 5.84 Å². The minimum Gasteiger partial charge on any atom is -0.391 e. The average molecular weight is 238 g/mol. The SMILES string of the molecule is CC(C)(C)CC(O)CNc1ccnc(NN)c1. The number of nitrogens with two attached hydrogens (primary N) is 1. The second-order valence-corrected chi connectivity index (χ2v) is 5.37. The zero-order valence-corrected chi connectivity index (χ0v) is 10.7. The first-order valence-corrected chi connectivity index (χ1v) is 5.75. The van der Waals surface area contributed by atoms with E-state index >= 15 is 0 Å². The second-order valence-electron chi connectivity index (χ2n) is 5.37. The van der Waals surface area contributed by atoms with E-state index in [1.165, 1.54) is 0 Å². The van der Waals surface area contributed by atoms with Crippen molar-refractivity contribution in [2.75, 3.05) is 17.3 Å². The quantitative estimate of drug-likeness (QED) is 0.462. The Kier molecular flexibility index (Phi) is 4.72. The van der Waals surface area contributed by atoms with Crippen molar-refractivity contribution in [2.45, 2.75) is 33.3 Å². The molecule has 0 amide bonds. The fourth-order valence-corrected chi connectivity index (χ4v) is 1.63. The molecule has 0 radical (unpaired) electrons. The maximum atomic E-state index is 9.85. The topological polar surface area (TPSA) is 83.2 Å². The van der Waals surface area contributed by atoms with Gasteiger partial charge in [0.15, 0.2) is 0 Å². The molecule has 17 heavy (non-hydrogen) atoms. The molecule has 0 saturated heterocycles. The number of aliphatic hydroxyl groups is 1. The van der Waals surface area contributed by atoms with Gasteiger partial charge in [-0.25, -0.2) is 10.8 Å². The Morgan fingerprint density at radius 3 is 2.76 bits per heavy atom. The molecule has 5 N–H and O–H groups in total. The molecule has 0 spiro atoms. The molecule has 0 aromatic carbocycles. The van der Waals surface area contributed by atoms with E-state index in [1.54, 1.807) is 12.3 Å². The summed E-state index contributed by atoms with van der Waals surface area (Å²) in [7, 11) is 0. The predicted molar refractivity (Wildman–Crippen MR) is 70.6 cm³/mol. The van der Waals surface area contributed by atoms with Gasteiger partial charge in [0.25, 0.3) is 0 Å². The minimum absolute atomic E-state index is 0.128. The number of aliphatic hydroxyl groups excluding tert-OH is 1. The summed E-state index contributed by atoms with van der Waals surface area (Å²) in [6.07, 6.45) is 2.05. The Bertz CT molecular complexity index is 349. The molecule has 0 aliphatic carbocycles. The van der Waals surface area contributed by atoms with Crippen LogP contribution in [0.4, 0.5) is 11.5 Å². The summed E-state index contributed by atoms with van der Waals surface area (Å²) in [5.74, 6) is 5.87. The third kappa shape index (κ3) is 5.51. The van der Waals surface area contributed by atoms with Gasteiger partial charge in [0, 0.05) is 24.5 Å². The lowest BCUT2D eigenvalue weighted by Gasteiger charge is -2.22. The van der Waals surface area contributed by atoms with Crippen molar-refractivity contribution in [3.63, 3.8) is 0 Å². The monoisotopic (exact) mass is 238 g/mol. The van der Waals surface area contributed by atoms with Gasteiger partial charge in [-0.05, 0) is 17.9 Å². The number of nitrogen functional groups attached to an aromatic ring is 1. The van der Waals surface area contributed by atoms with Crippen LogP contribution in [0.25, 0.3) is 0 Å². The van der Waals surface area contributed by atoms with Gasteiger partial charge in [-0.3, -0.25) is 0 Å². The van der Waals surface area contributed by atoms with Crippen LogP contribution in [0.5, 0.6) is 0 Å². The van der Waals surface area contributed by atoms with Crippen LogP contribution in [0.3, 0.4) is 0 Å². The number of nitrogens with zero attached hydrogens (tertiary/aromatic N) is 1. The summed E-state index contributed by atoms with van der Waals surface area (Å²) >= 11 is 0. The summed E-state index contributed by atoms with van der Waals surface area (Å²) in [5, 5.41) is 13.0. The van der Waals surface area contributed by atoms with E-state index in [0.29, 0.717) is 12.4 Å². The van der Waals surface area contributed by atoms with E-state index in [9.17, 15) is 5.11 Å². The number of hydrazine groups is 1. The molecule has 5 heteroatoms. The van der Waals surface area contributed by atoms with E-state index in [1.807, 2.05) is 6.07 Å². The molecule has 1 aromatic rings. The van der Waals surface area contributed by atoms with Gasteiger partial charge in [-0.1, -0.05) is 20.8 Å². The van der Waals surface area contributed by atoms with E-state index in [-0.39, 0.29) is 11.5 Å². The molecule has 1 unspecified atom stereocenters. The van der Waals surface area contributed by atoms with Crippen LogP contribution in [0.1, 0.15) is 27.2 Å². The summed E-state index contributed by atoms with van der Waals surface area (Å²) in [6, 6.07) is 3.63. The molecule has 0 aliphatic rings. The Morgan fingerprint density at radius 2 is 2.18 bits per heavy atom. The zero-order valence-electron chi connectivity index (χ0n) is 10.7. The summed E-state index contributed by atoms with van der Waals surface area (Å²) in [5.41, 5.74) is 3.50. The van der Waals surface area contributed by atoms with Gasteiger partial charge < -0.3 is 15.8 Å². The Hall–Kier alpha value is -1.33. The predicted octanol–water partition coefficient (Wildman–Crippen LogP) is 1.58. The number of anilines is 2. The molecular weight excluding hydrogens is 216 g/mol. The summed E-state index contributed by atoms with van der Waals surface area (Å²) < 4.78 is 0. The molecule has 0 saturated carbocycles. The number of nitrogens with one attached hydrogen (secondary N) is 2. The van der Waals surface area contributed by atoms with Crippen LogP contribution in [0.2, 0.25) is 0 Å². The first-order chi connectivity index (χ1) is 7.90. The lowest BCUT2D eigenvalue weighted by atomic mass is 9.89. The normalized spacial score (nSPS) is 13.2. The molecule has 0 fully saturated rings. The van der Waals surface area contributed by atoms with Crippen molar-refractivity contribution in [3.8, 4) is 0 Å². The van der Waals surface area contributed by atoms with Gasteiger partial charge in [0.1, 0.15) is 5.82 Å². The lowest BCUT2D eigenvalue weighted by molar-refractivity contribution is 0.132.